The van der Waals surface area contributed by atoms with E-state index in [1.807, 2.05) is 37.3 Å². The third kappa shape index (κ3) is 4.45. The lowest BCUT2D eigenvalue weighted by Gasteiger charge is -2.14. The maximum absolute atomic E-state index is 11.1. The van der Waals surface area contributed by atoms with Gasteiger partial charge >= 0.3 is 0 Å². The highest BCUT2D eigenvalue weighted by atomic mass is 35.5. The molecule has 1 heterocycles. The molecule has 0 unspecified atom stereocenters. The molecule has 0 bridgehead atoms. The molecule has 0 saturated carbocycles. The first-order chi connectivity index (χ1) is 12.9. The number of hydrogen-bond acceptors (Lipinski definition) is 6. The molecule has 8 heteroatoms. The molecule has 3 aromatic rings. The second-order valence-corrected chi connectivity index (χ2v) is 6.31. The average molecular weight is 383 g/mol. The van der Waals surface area contributed by atoms with Gasteiger partial charge in [-0.2, -0.15) is 0 Å². The Hall–Kier alpha value is -3.32. The van der Waals surface area contributed by atoms with Gasteiger partial charge in [0.15, 0.2) is 11.6 Å². The molecule has 1 aromatic heterocycles. The number of halogens is 1. The molecule has 5 N–H and O–H groups in total. The van der Waals surface area contributed by atoms with Crippen LogP contribution in [0.25, 0.3) is 0 Å². The summed E-state index contributed by atoms with van der Waals surface area (Å²) in [6.45, 7) is 3.38. The van der Waals surface area contributed by atoms with Crippen molar-refractivity contribution in [2.24, 2.45) is 0 Å². The van der Waals surface area contributed by atoms with Crippen molar-refractivity contribution in [2.75, 3.05) is 21.7 Å². The number of carbonyl (C=O) groups excluding carboxylic acids is 1. The average Bonchev–Trinajstić information content (AvgIpc) is 2.63. The van der Waals surface area contributed by atoms with Crippen LogP contribution in [-0.4, -0.2) is 15.9 Å². The van der Waals surface area contributed by atoms with Crippen LogP contribution >= 0.6 is 11.6 Å². The molecular weight excluding hydrogens is 364 g/mol. The van der Waals surface area contributed by atoms with Crippen LogP contribution in [-0.2, 0) is 4.79 Å². The van der Waals surface area contributed by atoms with Crippen LogP contribution in [0.5, 0.6) is 0 Å². The third-order valence-corrected chi connectivity index (χ3v) is 4.28. The Morgan fingerprint density at radius 1 is 1.00 bits per heavy atom. The lowest BCUT2D eigenvalue weighted by Crippen LogP contribution is -2.07. The largest absolute Gasteiger partial charge is 0.393 e. The zero-order valence-corrected chi connectivity index (χ0v) is 15.6. The first kappa shape index (κ1) is 18.5. The second kappa shape index (κ2) is 7.92. The van der Waals surface area contributed by atoms with Crippen LogP contribution in [0.4, 0.5) is 34.4 Å². The van der Waals surface area contributed by atoms with Crippen LogP contribution in [0.3, 0.4) is 0 Å². The quantitative estimate of drug-likeness (QED) is 0.519. The highest BCUT2D eigenvalue weighted by Gasteiger charge is 2.11. The normalized spacial score (nSPS) is 10.3. The van der Waals surface area contributed by atoms with Crippen LogP contribution in [0.2, 0.25) is 5.02 Å². The van der Waals surface area contributed by atoms with E-state index in [4.69, 9.17) is 17.3 Å². The molecule has 27 heavy (non-hydrogen) atoms. The zero-order valence-electron chi connectivity index (χ0n) is 14.9. The first-order valence-corrected chi connectivity index (χ1v) is 8.59. The van der Waals surface area contributed by atoms with E-state index >= 15 is 0 Å². The van der Waals surface area contributed by atoms with E-state index in [1.54, 1.807) is 12.1 Å². The van der Waals surface area contributed by atoms with Crippen LogP contribution in [0.15, 0.2) is 48.8 Å². The fourth-order valence-electron chi connectivity index (χ4n) is 2.44. The fraction of sp³-hybridized carbons (Fsp3) is 0.105. The number of nitrogen functional groups attached to an aromatic ring is 1. The third-order valence-electron chi connectivity index (χ3n) is 3.87. The van der Waals surface area contributed by atoms with E-state index < -0.39 is 0 Å². The predicted molar refractivity (Wildman–Crippen MR) is 110 cm³/mol. The summed E-state index contributed by atoms with van der Waals surface area (Å²) in [6, 6.07) is 12.8. The van der Waals surface area contributed by atoms with Crippen molar-refractivity contribution in [3.63, 3.8) is 0 Å². The van der Waals surface area contributed by atoms with Gasteiger partial charge in [-0.25, -0.2) is 9.97 Å². The van der Waals surface area contributed by atoms with Crippen molar-refractivity contribution in [1.82, 2.24) is 9.97 Å². The Balaban J connectivity index is 1.80. The zero-order chi connectivity index (χ0) is 19.4. The smallest absolute Gasteiger partial charge is 0.221 e. The van der Waals surface area contributed by atoms with E-state index in [0.717, 1.165) is 16.9 Å². The molecule has 0 atom stereocenters. The molecule has 0 saturated heterocycles. The molecule has 0 aliphatic heterocycles. The minimum absolute atomic E-state index is 0.122. The lowest BCUT2D eigenvalue weighted by molar-refractivity contribution is -0.114. The van der Waals surface area contributed by atoms with Crippen molar-refractivity contribution in [3.05, 3.63) is 59.4 Å². The van der Waals surface area contributed by atoms with E-state index in [0.29, 0.717) is 28.0 Å². The summed E-state index contributed by atoms with van der Waals surface area (Å²) in [4.78, 5) is 19.5. The van der Waals surface area contributed by atoms with Crippen LogP contribution < -0.4 is 21.7 Å². The topological polar surface area (TPSA) is 105 Å². The molecule has 0 fully saturated rings. The summed E-state index contributed by atoms with van der Waals surface area (Å²) < 4.78 is 0. The summed E-state index contributed by atoms with van der Waals surface area (Å²) in [7, 11) is 0. The number of carbonyl (C=O) groups is 1. The summed E-state index contributed by atoms with van der Waals surface area (Å²) in [5, 5.41) is 9.71. The Morgan fingerprint density at radius 2 is 1.63 bits per heavy atom. The number of aromatic nitrogens is 2. The van der Waals surface area contributed by atoms with Crippen molar-refractivity contribution in [1.29, 1.82) is 0 Å². The van der Waals surface area contributed by atoms with Gasteiger partial charge in [-0.05, 0) is 48.9 Å². The lowest BCUT2D eigenvalue weighted by atomic mass is 10.2. The van der Waals surface area contributed by atoms with Gasteiger partial charge in [0.25, 0.3) is 0 Å². The van der Waals surface area contributed by atoms with E-state index in [2.05, 4.69) is 25.9 Å². The number of benzene rings is 2. The molecule has 2 aromatic carbocycles. The Kier molecular flexibility index (Phi) is 5.42. The molecule has 1 amide bonds. The number of nitrogens with one attached hydrogen (secondary N) is 3. The van der Waals surface area contributed by atoms with E-state index in [-0.39, 0.29) is 5.91 Å². The van der Waals surface area contributed by atoms with Gasteiger partial charge in [-0.15, -0.1) is 0 Å². The summed E-state index contributed by atoms with van der Waals surface area (Å²) in [5.74, 6) is 0.829. The van der Waals surface area contributed by atoms with Gasteiger partial charge < -0.3 is 21.7 Å². The Bertz CT molecular complexity index is 974. The highest BCUT2D eigenvalue weighted by molar-refractivity contribution is 6.31. The van der Waals surface area contributed by atoms with Gasteiger partial charge in [0.2, 0.25) is 5.91 Å². The van der Waals surface area contributed by atoms with Crippen LogP contribution in [0.1, 0.15) is 12.5 Å². The minimum atomic E-state index is -0.122. The fourth-order valence-corrected chi connectivity index (χ4v) is 2.62. The molecule has 0 radical (unpaired) electrons. The van der Waals surface area contributed by atoms with Crippen molar-refractivity contribution in [2.45, 2.75) is 13.8 Å². The van der Waals surface area contributed by atoms with Crippen molar-refractivity contribution < 1.29 is 4.79 Å². The maximum atomic E-state index is 11.1. The van der Waals surface area contributed by atoms with Gasteiger partial charge in [0.05, 0.1) is 0 Å². The molecule has 3 rings (SSSR count). The summed E-state index contributed by atoms with van der Waals surface area (Å²) in [6.07, 6.45) is 1.42. The monoisotopic (exact) mass is 382 g/mol. The van der Waals surface area contributed by atoms with Gasteiger partial charge in [-0.1, -0.05) is 17.7 Å². The van der Waals surface area contributed by atoms with Gasteiger partial charge in [0, 0.05) is 29.0 Å². The standard InChI is InChI=1S/C19H19ClN6O/c1-11-15(20)4-3-5-16(11)26-19-17(21)18(22-10-23-19)25-14-8-6-13(7-9-14)24-12(2)27/h3-10H,21H2,1-2H3,(H,24,27)(H2,22,23,25,26). The minimum Gasteiger partial charge on any atom is -0.393 e. The van der Waals surface area contributed by atoms with E-state index in [9.17, 15) is 4.79 Å². The number of hydrogen-bond donors (Lipinski definition) is 4. The molecule has 0 aliphatic rings. The highest BCUT2D eigenvalue weighted by Crippen LogP contribution is 2.31. The second-order valence-electron chi connectivity index (χ2n) is 5.91. The Labute approximate surface area is 162 Å². The van der Waals surface area contributed by atoms with Crippen LogP contribution in [0, 0.1) is 6.92 Å². The SMILES string of the molecule is CC(=O)Nc1ccc(Nc2ncnc(Nc3cccc(Cl)c3C)c2N)cc1. The molecule has 0 spiro atoms. The molecule has 7 nitrogen and oxygen atoms in total. The number of rotatable bonds is 5. The number of nitrogens with zero attached hydrogens (tertiary/aromatic N) is 2. The van der Waals surface area contributed by atoms with Crippen molar-refractivity contribution >= 4 is 51.9 Å². The van der Waals surface area contributed by atoms with Gasteiger partial charge in [-0.3, -0.25) is 4.79 Å². The predicted octanol–water partition coefficient (Wildman–Crippen LogP) is 4.47. The first-order valence-electron chi connectivity index (χ1n) is 8.21. The molecule has 0 aliphatic carbocycles. The molecular formula is C19H19ClN6O. The van der Waals surface area contributed by atoms with E-state index in [1.165, 1.54) is 13.3 Å². The number of amides is 1. The Morgan fingerprint density at radius 3 is 2.30 bits per heavy atom. The van der Waals surface area contributed by atoms with Crippen molar-refractivity contribution in [3.8, 4) is 0 Å². The summed E-state index contributed by atoms with van der Waals surface area (Å²) in [5.41, 5.74) is 9.81. The molecule has 138 valence electrons. The number of anilines is 6. The van der Waals surface area contributed by atoms with Gasteiger partial charge in [0.1, 0.15) is 12.0 Å². The maximum Gasteiger partial charge on any atom is 0.221 e. The number of nitrogens with two attached hydrogens (primary N) is 1. The summed E-state index contributed by atoms with van der Waals surface area (Å²) >= 11 is 6.16.